The van der Waals surface area contributed by atoms with Gasteiger partial charge in [-0.25, -0.2) is 0 Å². The lowest BCUT2D eigenvalue weighted by atomic mass is 10.1. The molecule has 8 heavy (non-hydrogen) atoms. The van der Waals surface area contributed by atoms with Crippen molar-refractivity contribution in [3.63, 3.8) is 0 Å². The van der Waals surface area contributed by atoms with Crippen LogP contribution in [0.3, 0.4) is 0 Å². The molecule has 0 aliphatic carbocycles. The van der Waals surface area contributed by atoms with E-state index in [1.165, 1.54) is 0 Å². The highest BCUT2D eigenvalue weighted by Gasteiger charge is 1.85. The van der Waals surface area contributed by atoms with Gasteiger partial charge in [0.1, 0.15) is 0 Å². The van der Waals surface area contributed by atoms with E-state index in [0.717, 1.165) is 11.3 Å². The first-order valence-corrected chi connectivity index (χ1v) is 2.45. The van der Waals surface area contributed by atoms with Crippen molar-refractivity contribution < 1.29 is 0 Å². The van der Waals surface area contributed by atoms with Crippen LogP contribution in [0.15, 0.2) is 12.1 Å². The number of rotatable bonds is 0. The summed E-state index contributed by atoms with van der Waals surface area (Å²) in [6.45, 7) is 0. The molecular formula is C6H6BN. The highest BCUT2D eigenvalue weighted by molar-refractivity contribution is 6.30. The summed E-state index contributed by atoms with van der Waals surface area (Å²) in [5.74, 6) is 2.49. The maximum absolute atomic E-state index is 5.08. The summed E-state index contributed by atoms with van der Waals surface area (Å²) in [5, 5.41) is 0. The van der Waals surface area contributed by atoms with Gasteiger partial charge in [0.25, 0.3) is 0 Å². The summed E-state index contributed by atoms with van der Waals surface area (Å²) in [6, 6.07) is 3.84. The normalized spacial score (nSPS) is 8.38. The van der Waals surface area contributed by atoms with Crippen LogP contribution in [0.1, 0.15) is 5.69 Å². The number of terminal acetylenes is 1. The minimum absolute atomic E-state index is 0.850. The first-order chi connectivity index (χ1) is 3.83. The van der Waals surface area contributed by atoms with Crippen LogP contribution in [0.2, 0.25) is 0 Å². The number of aromatic amines is 1. The summed E-state index contributed by atoms with van der Waals surface area (Å²) in [5.41, 5.74) is 1.96. The standard InChI is InChI=1S/C6H6BN/c1-2-5-3-4-6(7)8-5/h1,3-4,8H,7H2. The van der Waals surface area contributed by atoms with E-state index in [1.807, 2.05) is 20.0 Å². The molecule has 38 valence electrons. The third-order valence-corrected chi connectivity index (χ3v) is 0.987. The lowest BCUT2D eigenvalue weighted by Crippen LogP contribution is -2.00. The van der Waals surface area contributed by atoms with Crippen LogP contribution in [-0.4, -0.2) is 12.8 Å². The summed E-state index contributed by atoms with van der Waals surface area (Å²) in [7, 11) is 1.97. The van der Waals surface area contributed by atoms with E-state index in [1.54, 1.807) is 0 Å². The van der Waals surface area contributed by atoms with Crippen LogP contribution in [0.5, 0.6) is 0 Å². The maximum Gasteiger partial charge on any atom is 0.160 e. The van der Waals surface area contributed by atoms with Crippen molar-refractivity contribution in [2.24, 2.45) is 0 Å². The molecule has 0 radical (unpaired) electrons. The van der Waals surface area contributed by atoms with E-state index in [0.29, 0.717) is 0 Å². The zero-order valence-electron chi connectivity index (χ0n) is 4.73. The van der Waals surface area contributed by atoms with Crippen LogP contribution in [0, 0.1) is 12.3 Å². The van der Waals surface area contributed by atoms with E-state index in [4.69, 9.17) is 6.42 Å². The lowest BCUT2D eigenvalue weighted by Gasteiger charge is -1.77. The summed E-state index contributed by atoms with van der Waals surface area (Å²) in [4.78, 5) is 2.99. The Kier molecular flexibility index (Phi) is 1.13. The molecule has 1 N–H and O–H groups in total. The van der Waals surface area contributed by atoms with Crippen molar-refractivity contribution in [2.45, 2.75) is 0 Å². The summed E-state index contributed by atoms with van der Waals surface area (Å²) in [6.07, 6.45) is 5.08. The molecule has 1 nitrogen and oxygen atoms in total. The van der Waals surface area contributed by atoms with Gasteiger partial charge in [0.05, 0.1) is 5.69 Å². The fourth-order valence-corrected chi connectivity index (χ4v) is 0.588. The lowest BCUT2D eigenvalue weighted by molar-refractivity contribution is 1.42. The molecule has 0 atom stereocenters. The van der Waals surface area contributed by atoms with E-state index < -0.39 is 0 Å². The van der Waals surface area contributed by atoms with Gasteiger partial charge in [-0.1, -0.05) is 12.0 Å². The van der Waals surface area contributed by atoms with Crippen molar-refractivity contribution in [3.8, 4) is 12.3 Å². The average molecular weight is 103 g/mol. The van der Waals surface area contributed by atoms with E-state index in [9.17, 15) is 0 Å². The minimum atomic E-state index is 0.850. The van der Waals surface area contributed by atoms with E-state index in [2.05, 4.69) is 10.9 Å². The number of aromatic nitrogens is 1. The Morgan fingerprint density at radius 2 is 2.38 bits per heavy atom. The molecule has 0 aliphatic heterocycles. The van der Waals surface area contributed by atoms with E-state index in [-0.39, 0.29) is 0 Å². The zero-order chi connectivity index (χ0) is 5.98. The van der Waals surface area contributed by atoms with Gasteiger partial charge in [0.2, 0.25) is 0 Å². The topological polar surface area (TPSA) is 15.8 Å². The van der Waals surface area contributed by atoms with Gasteiger partial charge in [-0.2, -0.15) is 0 Å². The van der Waals surface area contributed by atoms with Crippen LogP contribution < -0.4 is 5.59 Å². The number of nitrogens with one attached hydrogen (secondary N) is 1. The van der Waals surface area contributed by atoms with Crippen molar-refractivity contribution in [2.75, 3.05) is 0 Å². The monoisotopic (exact) mass is 103 g/mol. The van der Waals surface area contributed by atoms with Crippen LogP contribution >= 0.6 is 0 Å². The maximum atomic E-state index is 5.08. The Morgan fingerprint density at radius 1 is 1.62 bits per heavy atom. The molecule has 1 rings (SSSR count). The van der Waals surface area contributed by atoms with Crippen molar-refractivity contribution >= 4 is 13.4 Å². The Balaban J connectivity index is 3.05. The molecule has 1 heterocycles. The molecule has 0 saturated carbocycles. The smallest absolute Gasteiger partial charge is 0.160 e. The molecule has 0 aromatic carbocycles. The van der Waals surface area contributed by atoms with Crippen molar-refractivity contribution in [1.82, 2.24) is 4.98 Å². The van der Waals surface area contributed by atoms with Gasteiger partial charge in [-0.15, -0.1) is 6.42 Å². The second kappa shape index (κ2) is 1.79. The molecule has 1 aromatic heterocycles. The fraction of sp³-hybridized carbons (Fsp3) is 0. The molecular weight excluding hydrogens is 96.9 g/mol. The predicted molar refractivity (Wildman–Crippen MR) is 36.9 cm³/mol. The van der Waals surface area contributed by atoms with Gasteiger partial charge >= 0.3 is 0 Å². The van der Waals surface area contributed by atoms with Crippen LogP contribution in [0.4, 0.5) is 0 Å². The molecule has 0 bridgehead atoms. The molecule has 0 amide bonds. The second-order valence-corrected chi connectivity index (χ2v) is 1.70. The zero-order valence-corrected chi connectivity index (χ0v) is 4.73. The molecule has 0 unspecified atom stereocenters. The van der Waals surface area contributed by atoms with Gasteiger partial charge in [-0.3, -0.25) is 0 Å². The quantitative estimate of drug-likeness (QED) is 0.328. The van der Waals surface area contributed by atoms with Gasteiger partial charge < -0.3 is 4.98 Å². The third-order valence-electron chi connectivity index (χ3n) is 0.987. The molecule has 1 aromatic rings. The van der Waals surface area contributed by atoms with Crippen molar-refractivity contribution in [1.29, 1.82) is 0 Å². The summed E-state index contributed by atoms with van der Waals surface area (Å²) >= 11 is 0. The molecule has 0 saturated heterocycles. The number of hydrogen-bond donors (Lipinski definition) is 1. The Bertz CT molecular complexity index is 219. The first kappa shape index (κ1) is 5.05. The number of hydrogen-bond acceptors (Lipinski definition) is 0. The molecule has 0 fully saturated rings. The number of H-pyrrole nitrogens is 1. The van der Waals surface area contributed by atoms with Crippen LogP contribution in [-0.2, 0) is 0 Å². The highest BCUT2D eigenvalue weighted by atomic mass is 14.7. The van der Waals surface area contributed by atoms with Gasteiger partial charge in [-0.05, 0) is 11.7 Å². The Labute approximate surface area is 49.5 Å². The fourth-order valence-electron chi connectivity index (χ4n) is 0.588. The third kappa shape index (κ3) is 0.762. The van der Waals surface area contributed by atoms with E-state index >= 15 is 0 Å². The Hall–Kier alpha value is -1.10. The van der Waals surface area contributed by atoms with Gasteiger partial charge in [0, 0.05) is 0 Å². The minimum Gasteiger partial charge on any atom is -0.361 e. The predicted octanol–water partition coefficient (Wildman–Crippen LogP) is -0.746. The van der Waals surface area contributed by atoms with Crippen LogP contribution in [0.25, 0.3) is 0 Å². The molecule has 2 heteroatoms. The first-order valence-electron chi connectivity index (χ1n) is 2.45. The molecule has 0 spiro atoms. The van der Waals surface area contributed by atoms with Gasteiger partial charge in [0.15, 0.2) is 7.85 Å². The average Bonchev–Trinajstić information content (AvgIpc) is 2.14. The SMILES string of the molecule is Bc1ccc(C#C)[nH]1. The largest absolute Gasteiger partial charge is 0.361 e. The van der Waals surface area contributed by atoms with Crippen molar-refractivity contribution in [3.05, 3.63) is 17.8 Å². The summed E-state index contributed by atoms with van der Waals surface area (Å²) < 4.78 is 0. The highest BCUT2D eigenvalue weighted by Crippen LogP contribution is 1.85. The molecule has 0 aliphatic rings. The Morgan fingerprint density at radius 3 is 2.62 bits per heavy atom. The second-order valence-electron chi connectivity index (χ2n) is 1.70.